The van der Waals surface area contributed by atoms with Gasteiger partial charge in [-0.25, -0.2) is 14.6 Å². The van der Waals surface area contributed by atoms with Gasteiger partial charge in [0.2, 0.25) is 0 Å². The Morgan fingerprint density at radius 1 is 1.35 bits per heavy atom. The third-order valence-electron chi connectivity index (χ3n) is 4.68. The highest BCUT2D eigenvalue weighted by Gasteiger charge is 2.27. The number of rotatable bonds is 3. The summed E-state index contributed by atoms with van der Waals surface area (Å²) in [6.07, 6.45) is 10.1. The van der Waals surface area contributed by atoms with Gasteiger partial charge >= 0.3 is 0 Å². The van der Waals surface area contributed by atoms with Gasteiger partial charge in [-0.1, -0.05) is 6.07 Å². The Morgan fingerprint density at radius 3 is 3.15 bits per heavy atom. The van der Waals surface area contributed by atoms with Crippen molar-refractivity contribution in [3.63, 3.8) is 0 Å². The minimum Gasteiger partial charge on any atom is -0.344 e. The first kappa shape index (κ1) is 15.3. The highest BCUT2D eigenvalue weighted by Crippen LogP contribution is 2.31. The summed E-state index contributed by atoms with van der Waals surface area (Å²) in [5, 5.41) is 9.58. The SMILES string of the molecule is O=C(NC1CCCc2c1cnn2-c1ccccn1)c1cn2ccsc2n1. The van der Waals surface area contributed by atoms with Crippen LogP contribution in [0.25, 0.3) is 10.8 Å². The van der Waals surface area contributed by atoms with Crippen molar-refractivity contribution in [3.8, 4) is 5.82 Å². The third-order valence-corrected chi connectivity index (χ3v) is 5.45. The monoisotopic (exact) mass is 364 g/mol. The van der Waals surface area contributed by atoms with E-state index in [1.807, 2.05) is 45.1 Å². The third kappa shape index (κ3) is 2.50. The maximum Gasteiger partial charge on any atom is 0.272 e. The first-order chi connectivity index (χ1) is 12.8. The maximum absolute atomic E-state index is 12.6. The molecule has 4 heterocycles. The van der Waals surface area contributed by atoms with E-state index in [0.29, 0.717) is 5.69 Å². The van der Waals surface area contributed by atoms with Crippen LogP contribution in [0.15, 0.2) is 48.4 Å². The molecule has 4 aromatic rings. The van der Waals surface area contributed by atoms with Crippen molar-refractivity contribution >= 4 is 22.2 Å². The van der Waals surface area contributed by atoms with Crippen LogP contribution in [0.3, 0.4) is 0 Å². The maximum atomic E-state index is 12.6. The Hall–Kier alpha value is -3.00. The van der Waals surface area contributed by atoms with Crippen LogP contribution in [0.1, 0.15) is 40.6 Å². The van der Waals surface area contributed by atoms with Gasteiger partial charge in [-0.3, -0.25) is 9.20 Å². The minimum atomic E-state index is -0.149. The molecule has 8 heteroatoms. The molecule has 1 aliphatic carbocycles. The Labute approximate surface area is 153 Å². The zero-order chi connectivity index (χ0) is 17.5. The van der Waals surface area contributed by atoms with Crippen molar-refractivity contribution in [3.05, 3.63) is 65.3 Å². The normalized spacial score (nSPS) is 16.5. The standard InChI is InChI=1S/C18H16N6OS/c25-17(14-11-23-8-9-26-18(23)22-14)21-13-4-3-5-15-12(13)10-20-24(15)16-6-1-2-7-19-16/h1-2,6-11,13H,3-5H2,(H,21,25). The fourth-order valence-corrected chi connectivity index (χ4v) is 4.15. The van der Waals surface area contributed by atoms with E-state index in [2.05, 4.69) is 20.4 Å². The number of pyridine rings is 1. The summed E-state index contributed by atoms with van der Waals surface area (Å²) in [4.78, 5) is 22.2. The Balaban J connectivity index is 1.42. The molecule has 0 fully saturated rings. The molecular formula is C18H16N6OS. The predicted octanol–water partition coefficient (Wildman–Crippen LogP) is 2.78. The molecular weight excluding hydrogens is 348 g/mol. The van der Waals surface area contributed by atoms with Gasteiger partial charge in [-0.2, -0.15) is 5.10 Å². The average Bonchev–Trinajstić information content (AvgIpc) is 3.37. The first-order valence-electron chi connectivity index (χ1n) is 8.51. The summed E-state index contributed by atoms with van der Waals surface area (Å²) in [5.41, 5.74) is 2.63. The van der Waals surface area contributed by atoms with Gasteiger partial charge in [0.1, 0.15) is 5.69 Å². The molecule has 0 saturated carbocycles. The molecule has 0 bridgehead atoms. The van der Waals surface area contributed by atoms with E-state index in [1.54, 1.807) is 12.4 Å². The number of amides is 1. The van der Waals surface area contributed by atoms with Crippen molar-refractivity contribution in [2.24, 2.45) is 0 Å². The molecule has 7 nitrogen and oxygen atoms in total. The lowest BCUT2D eigenvalue weighted by atomic mass is 9.93. The van der Waals surface area contributed by atoms with Crippen molar-refractivity contribution in [1.82, 2.24) is 29.5 Å². The number of nitrogens with one attached hydrogen (secondary N) is 1. The lowest BCUT2D eigenvalue weighted by Crippen LogP contribution is -2.31. The number of carbonyl (C=O) groups excluding carboxylic acids is 1. The molecule has 1 atom stereocenters. The summed E-state index contributed by atoms with van der Waals surface area (Å²) in [6, 6.07) is 5.72. The molecule has 0 saturated heterocycles. The van der Waals surface area contributed by atoms with Gasteiger partial charge in [-0.15, -0.1) is 11.3 Å². The van der Waals surface area contributed by atoms with Crippen LogP contribution in [-0.2, 0) is 6.42 Å². The fraction of sp³-hybridized carbons (Fsp3) is 0.222. The molecule has 0 radical (unpaired) electrons. The lowest BCUT2D eigenvalue weighted by molar-refractivity contribution is 0.0928. The minimum absolute atomic E-state index is 0.0524. The molecule has 1 unspecified atom stereocenters. The Bertz CT molecular complexity index is 1050. The van der Waals surface area contributed by atoms with E-state index >= 15 is 0 Å². The van der Waals surface area contributed by atoms with Gasteiger partial charge in [0.05, 0.1) is 17.9 Å². The molecule has 1 N–H and O–H groups in total. The Kier molecular flexibility index (Phi) is 3.56. The van der Waals surface area contributed by atoms with Crippen LogP contribution in [0.2, 0.25) is 0 Å². The van der Waals surface area contributed by atoms with Crippen molar-refractivity contribution in [2.75, 3.05) is 0 Å². The van der Waals surface area contributed by atoms with E-state index in [1.165, 1.54) is 11.3 Å². The second-order valence-corrected chi connectivity index (χ2v) is 7.16. The lowest BCUT2D eigenvalue weighted by Gasteiger charge is -2.23. The molecule has 26 heavy (non-hydrogen) atoms. The van der Waals surface area contributed by atoms with Crippen LogP contribution < -0.4 is 5.32 Å². The van der Waals surface area contributed by atoms with Crippen molar-refractivity contribution in [1.29, 1.82) is 0 Å². The van der Waals surface area contributed by atoms with Gasteiger partial charge < -0.3 is 5.32 Å². The number of nitrogens with zero attached hydrogens (tertiary/aromatic N) is 5. The molecule has 5 rings (SSSR count). The van der Waals surface area contributed by atoms with Crippen molar-refractivity contribution < 1.29 is 4.79 Å². The van der Waals surface area contributed by atoms with E-state index < -0.39 is 0 Å². The van der Waals surface area contributed by atoms with E-state index in [4.69, 9.17) is 0 Å². The molecule has 4 aromatic heterocycles. The number of carbonyl (C=O) groups is 1. The number of aromatic nitrogens is 5. The second-order valence-electron chi connectivity index (χ2n) is 6.28. The van der Waals surface area contributed by atoms with Crippen LogP contribution in [0.4, 0.5) is 0 Å². The van der Waals surface area contributed by atoms with Gasteiger partial charge in [-0.05, 0) is 31.4 Å². The fourth-order valence-electron chi connectivity index (χ4n) is 3.45. The van der Waals surface area contributed by atoms with E-state index in [9.17, 15) is 4.79 Å². The zero-order valence-electron chi connectivity index (χ0n) is 13.9. The van der Waals surface area contributed by atoms with Crippen molar-refractivity contribution in [2.45, 2.75) is 25.3 Å². The Morgan fingerprint density at radius 2 is 2.31 bits per heavy atom. The summed E-state index contributed by atoms with van der Waals surface area (Å²) in [7, 11) is 0. The van der Waals surface area contributed by atoms with E-state index in [-0.39, 0.29) is 11.9 Å². The van der Waals surface area contributed by atoms with E-state index in [0.717, 1.165) is 41.3 Å². The predicted molar refractivity (Wildman–Crippen MR) is 97.6 cm³/mol. The van der Waals surface area contributed by atoms with Crippen LogP contribution in [0, 0.1) is 0 Å². The van der Waals surface area contributed by atoms with Crippen LogP contribution in [0.5, 0.6) is 0 Å². The molecule has 0 aromatic carbocycles. The highest BCUT2D eigenvalue weighted by atomic mass is 32.1. The number of fused-ring (bicyclic) bond motifs is 2. The first-order valence-corrected chi connectivity index (χ1v) is 9.39. The average molecular weight is 364 g/mol. The zero-order valence-corrected chi connectivity index (χ0v) is 14.7. The number of thiazole rings is 1. The number of hydrogen-bond acceptors (Lipinski definition) is 5. The smallest absolute Gasteiger partial charge is 0.272 e. The van der Waals surface area contributed by atoms with Gasteiger partial charge in [0.15, 0.2) is 10.8 Å². The summed E-state index contributed by atoms with van der Waals surface area (Å²) in [5.74, 6) is 0.652. The second kappa shape index (κ2) is 6.06. The molecule has 0 spiro atoms. The van der Waals surface area contributed by atoms with Crippen LogP contribution in [-0.4, -0.2) is 30.1 Å². The topological polar surface area (TPSA) is 77.1 Å². The molecule has 130 valence electrons. The van der Waals surface area contributed by atoms with Crippen LogP contribution >= 0.6 is 11.3 Å². The highest BCUT2D eigenvalue weighted by molar-refractivity contribution is 7.15. The molecule has 1 aliphatic rings. The molecule has 1 amide bonds. The quantitative estimate of drug-likeness (QED) is 0.606. The molecule has 0 aliphatic heterocycles. The summed E-state index contributed by atoms with van der Waals surface area (Å²) < 4.78 is 3.74. The number of imidazole rings is 1. The largest absolute Gasteiger partial charge is 0.344 e. The summed E-state index contributed by atoms with van der Waals surface area (Å²) >= 11 is 1.51. The van der Waals surface area contributed by atoms with Gasteiger partial charge in [0, 0.05) is 29.5 Å². The van der Waals surface area contributed by atoms with Gasteiger partial charge in [0.25, 0.3) is 5.91 Å². The number of hydrogen-bond donors (Lipinski definition) is 1. The summed E-state index contributed by atoms with van der Waals surface area (Å²) in [6.45, 7) is 0.